The zero-order chi connectivity index (χ0) is 17.1. The smallest absolute Gasteiger partial charge is 0.203 e. The van der Waals surface area contributed by atoms with E-state index in [9.17, 15) is 0 Å². The van der Waals surface area contributed by atoms with Gasteiger partial charge in [0.15, 0.2) is 11.5 Å². The Morgan fingerprint density at radius 2 is 1.79 bits per heavy atom. The van der Waals surface area contributed by atoms with Gasteiger partial charge in [0.05, 0.1) is 27.5 Å². The minimum absolute atomic E-state index is 0.680. The average Bonchev–Trinajstić information content (AvgIpc) is 2.89. The molecule has 130 valence electrons. The maximum absolute atomic E-state index is 5.65. The lowest BCUT2D eigenvalue weighted by atomic mass is 10.0. The quantitative estimate of drug-likeness (QED) is 0.839. The van der Waals surface area contributed by atoms with Gasteiger partial charge in [-0.3, -0.25) is 9.58 Å². The molecule has 2 aromatic rings. The van der Waals surface area contributed by atoms with Gasteiger partial charge >= 0.3 is 0 Å². The Labute approximate surface area is 142 Å². The maximum atomic E-state index is 5.65. The monoisotopic (exact) mass is 331 g/mol. The number of hydrogen-bond acceptors (Lipinski definition) is 5. The number of ether oxygens (including phenoxy) is 3. The van der Waals surface area contributed by atoms with Gasteiger partial charge in [-0.25, -0.2) is 0 Å². The molecule has 1 aromatic heterocycles. The van der Waals surface area contributed by atoms with Crippen LogP contribution in [0.3, 0.4) is 0 Å². The van der Waals surface area contributed by atoms with E-state index in [1.54, 1.807) is 21.3 Å². The average molecular weight is 331 g/mol. The first-order valence-electron chi connectivity index (χ1n) is 8.16. The van der Waals surface area contributed by atoms with Gasteiger partial charge in [-0.05, 0) is 24.5 Å². The highest BCUT2D eigenvalue weighted by Gasteiger charge is 2.23. The molecule has 0 spiro atoms. The van der Waals surface area contributed by atoms with Crippen LogP contribution in [0.1, 0.15) is 16.7 Å². The van der Waals surface area contributed by atoms with Crippen molar-refractivity contribution in [1.29, 1.82) is 0 Å². The zero-order valence-corrected chi connectivity index (χ0v) is 14.8. The molecule has 1 aliphatic heterocycles. The fraction of sp³-hybridized carbons (Fsp3) is 0.500. The van der Waals surface area contributed by atoms with Crippen molar-refractivity contribution in [1.82, 2.24) is 14.7 Å². The molecule has 0 unspecified atom stereocenters. The molecule has 0 atom stereocenters. The van der Waals surface area contributed by atoms with Crippen LogP contribution in [0.25, 0.3) is 0 Å². The van der Waals surface area contributed by atoms with Gasteiger partial charge in [0.1, 0.15) is 0 Å². The van der Waals surface area contributed by atoms with Crippen molar-refractivity contribution in [2.45, 2.75) is 19.4 Å². The number of hydrogen-bond donors (Lipinski definition) is 0. The number of nitrogens with zero attached hydrogens (tertiary/aromatic N) is 3. The van der Waals surface area contributed by atoms with E-state index < -0.39 is 0 Å². The third-order valence-electron chi connectivity index (χ3n) is 4.57. The molecule has 0 saturated carbocycles. The lowest BCUT2D eigenvalue weighted by Crippen LogP contribution is -2.25. The van der Waals surface area contributed by atoms with Gasteiger partial charge in [0.25, 0.3) is 0 Å². The Morgan fingerprint density at radius 1 is 1.04 bits per heavy atom. The Kier molecular flexibility index (Phi) is 4.94. The highest BCUT2D eigenvalue weighted by molar-refractivity contribution is 5.59. The number of rotatable bonds is 5. The largest absolute Gasteiger partial charge is 0.493 e. The van der Waals surface area contributed by atoms with Crippen LogP contribution in [0.15, 0.2) is 18.5 Å². The molecule has 0 bridgehead atoms. The van der Waals surface area contributed by atoms with Crippen LogP contribution < -0.4 is 14.2 Å². The van der Waals surface area contributed by atoms with Crippen LogP contribution in [-0.4, -0.2) is 49.1 Å². The van der Waals surface area contributed by atoms with Crippen LogP contribution >= 0.6 is 0 Å². The number of aryl methyl sites for hydroxylation is 1. The summed E-state index contributed by atoms with van der Waals surface area (Å²) < 4.78 is 18.5. The minimum atomic E-state index is 0.680. The second-order valence-corrected chi connectivity index (χ2v) is 6.08. The normalized spacial score (nSPS) is 14.8. The van der Waals surface area contributed by atoms with E-state index >= 15 is 0 Å². The van der Waals surface area contributed by atoms with Crippen molar-refractivity contribution >= 4 is 0 Å². The molecule has 0 N–H and O–H groups in total. The first kappa shape index (κ1) is 16.6. The van der Waals surface area contributed by atoms with Crippen molar-refractivity contribution in [2.24, 2.45) is 7.05 Å². The fourth-order valence-corrected chi connectivity index (χ4v) is 3.39. The first-order chi connectivity index (χ1) is 11.7. The van der Waals surface area contributed by atoms with Crippen molar-refractivity contribution < 1.29 is 14.2 Å². The fourth-order valence-electron chi connectivity index (χ4n) is 3.39. The van der Waals surface area contributed by atoms with E-state index in [1.165, 1.54) is 16.7 Å². The number of aromatic nitrogens is 2. The Balaban J connectivity index is 1.84. The first-order valence-corrected chi connectivity index (χ1v) is 8.16. The van der Waals surface area contributed by atoms with E-state index in [-0.39, 0.29) is 0 Å². The zero-order valence-electron chi connectivity index (χ0n) is 14.8. The predicted molar refractivity (Wildman–Crippen MR) is 92.0 cm³/mol. The third-order valence-corrected chi connectivity index (χ3v) is 4.57. The Bertz CT molecular complexity index is 712. The van der Waals surface area contributed by atoms with E-state index in [0.717, 1.165) is 44.0 Å². The molecule has 0 radical (unpaired) electrons. The molecule has 1 aromatic carbocycles. The second-order valence-electron chi connectivity index (χ2n) is 6.08. The summed E-state index contributed by atoms with van der Waals surface area (Å²) in [5.41, 5.74) is 3.74. The molecule has 24 heavy (non-hydrogen) atoms. The van der Waals surface area contributed by atoms with Gasteiger partial charge in [-0.15, -0.1) is 0 Å². The Morgan fingerprint density at radius 3 is 2.42 bits per heavy atom. The Hall–Kier alpha value is -2.21. The summed E-state index contributed by atoms with van der Waals surface area (Å²) in [6.45, 7) is 2.90. The summed E-state index contributed by atoms with van der Waals surface area (Å²) in [5, 5.41) is 4.25. The van der Waals surface area contributed by atoms with E-state index in [4.69, 9.17) is 14.2 Å². The molecule has 3 rings (SSSR count). The lowest BCUT2D eigenvalue weighted by molar-refractivity contribution is 0.278. The molecule has 0 aliphatic carbocycles. The maximum Gasteiger partial charge on any atom is 0.203 e. The van der Waals surface area contributed by atoms with Crippen molar-refractivity contribution in [3.63, 3.8) is 0 Å². The third kappa shape index (κ3) is 3.19. The number of methoxy groups -OCH3 is 3. The van der Waals surface area contributed by atoms with Gasteiger partial charge in [-0.1, -0.05) is 0 Å². The number of benzene rings is 1. The van der Waals surface area contributed by atoms with E-state index in [2.05, 4.69) is 22.3 Å². The van der Waals surface area contributed by atoms with Crippen molar-refractivity contribution in [2.75, 3.05) is 34.4 Å². The van der Waals surface area contributed by atoms with Crippen molar-refractivity contribution in [3.8, 4) is 17.2 Å². The summed E-state index contributed by atoms with van der Waals surface area (Å²) in [6, 6.07) is 2.09. The van der Waals surface area contributed by atoms with Gasteiger partial charge in [-0.2, -0.15) is 5.10 Å². The SMILES string of the molecule is COc1cc2c(c(OC)c1OC)CCN(Cc1cnn(C)c1)CC2. The van der Waals surface area contributed by atoms with E-state index in [0.29, 0.717) is 5.75 Å². The summed E-state index contributed by atoms with van der Waals surface area (Å²) in [7, 11) is 6.95. The van der Waals surface area contributed by atoms with Crippen LogP contribution in [0, 0.1) is 0 Å². The highest BCUT2D eigenvalue weighted by Crippen LogP contribution is 2.43. The van der Waals surface area contributed by atoms with Crippen LogP contribution in [0.2, 0.25) is 0 Å². The summed E-state index contributed by atoms with van der Waals surface area (Å²) in [4.78, 5) is 2.45. The van der Waals surface area contributed by atoms with Gasteiger partial charge in [0.2, 0.25) is 5.75 Å². The summed E-state index contributed by atoms with van der Waals surface area (Å²) >= 11 is 0. The van der Waals surface area contributed by atoms with Crippen LogP contribution in [-0.2, 0) is 26.4 Å². The van der Waals surface area contributed by atoms with Crippen LogP contribution in [0.5, 0.6) is 17.2 Å². The molecule has 1 aliphatic rings. The molecule has 2 heterocycles. The van der Waals surface area contributed by atoms with Gasteiger partial charge < -0.3 is 14.2 Å². The van der Waals surface area contributed by atoms with Crippen LogP contribution in [0.4, 0.5) is 0 Å². The summed E-state index contributed by atoms with van der Waals surface area (Å²) in [6.07, 6.45) is 5.90. The highest BCUT2D eigenvalue weighted by atomic mass is 16.5. The minimum Gasteiger partial charge on any atom is -0.493 e. The molecule has 0 amide bonds. The van der Waals surface area contributed by atoms with Gasteiger partial charge in [0, 0.05) is 44.0 Å². The molecular formula is C18H25N3O3. The predicted octanol–water partition coefficient (Wildman–Crippen LogP) is 2.05. The number of fused-ring (bicyclic) bond motifs is 1. The standard InChI is InChI=1S/C18H25N3O3/c1-20-11-13(10-19-20)12-21-7-5-14-9-16(22-2)18(24-4)17(23-3)15(14)6-8-21/h9-11H,5-8,12H2,1-4H3. The lowest BCUT2D eigenvalue weighted by Gasteiger charge is -2.18. The topological polar surface area (TPSA) is 48.8 Å². The molecule has 0 saturated heterocycles. The summed E-state index contributed by atoms with van der Waals surface area (Å²) in [5.74, 6) is 2.21. The van der Waals surface area contributed by atoms with Crippen molar-refractivity contribution in [3.05, 3.63) is 35.2 Å². The molecule has 0 fully saturated rings. The second kappa shape index (κ2) is 7.13. The molecule has 6 heteroatoms. The van der Waals surface area contributed by atoms with E-state index in [1.807, 2.05) is 17.9 Å². The molecular weight excluding hydrogens is 306 g/mol. The molecule has 6 nitrogen and oxygen atoms in total.